The van der Waals surface area contributed by atoms with E-state index in [4.69, 9.17) is 18.9 Å². The number of ether oxygens (including phenoxy) is 4. The summed E-state index contributed by atoms with van der Waals surface area (Å²) >= 11 is 0. The Balaban J connectivity index is 1.40. The SMILES string of the molecule is COCOC1CC(O)[C@]2(C)[C@H]3CC[C@]4(C)[C@@H](C(C)C5OCCO5)CC[C@H]4[C@@H]3C=CC2(O)C1. The highest BCUT2D eigenvalue weighted by atomic mass is 16.7. The minimum atomic E-state index is -1.05. The first-order valence-corrected chi connectivity index (χ1v) is 12.7. The van der Waals surface area contributed by atoms with Gasteiger partial charge in [0.1, 0.15) is 6.79 Å². The number of allylic oxidation sites excluding steroid dienone is 1. The van der Waals surface area contributed by atoms with Crippen molar-refractivity contribution in [2.24, 2.45) is 40.4 Å². The summed E-state index contributed by atoms with van der Waals surface area (Å²) in [5.41, 5.74) is -1.35. The highest BCUT2D eigenvalue weighted by Gasteiger charge is 2.66. The van der Waals surface area contributed by atoms with Crippen molar-refractivity contribution < 1.29 is 29.2 Å². The van der Waals surface area contributed by atoms with E-state index in [0.717, 1.165) is 12.8 Å². The molecule has 6 nitrogen and oxygen atoms in total. The van der Waals surface area contributed by atoms with Crippen molar-refractivity contribution in [2.75, 3.05) is 27.1 Å². The minimum absolute atomic E-state index is 0.0676. The van der Waals surface area contributed by atoms with Crippen LogP contribution in [-0.2, 0) is 18.9 Å². The van der Waals surface area contributed by atoms with Crippen LogP contribution in [0.15, 0.2) is 12.2 Å². The lowest BCUT2D eigenvalue weighted by atomic mass is 9.44. The van der Waals surface area contributed by atoms with E-state index in [1.807, 2.05) is 6.08 Å². The number of aliphatic hydroxyl groups excluding tert-OH is 1. The molecule has 4 fully saturated rings. The number of hydrogen-bond acceptors (Lipinski definition) is 6. The maximum absolute atomic E-state index is 11.8. The van der Waals surface area contributed by atoms with Crippen LogP contribution in [0, 0.1) is 40.4 Å². The predicted molar refractivity (Wildman–Crippen MR) is 120 cm³/mol. The molecule has 10 atom stereocenters. The summed E-state index contributed by atoms with van der Waals surface area (Å²) < 4.78 is 22.6. The second-order valence-corrected chi connectivity index (χ2v) is 11.7. The first-order chi connectivity index (χ1) is 15.2. The Bertz CT molecular complexity index is 721. The third-order valence-electron chi connectivity index (χ3n) is 10.6. The zero-order chi connectivity index (χ0) is 22.7. The summed E-state index contributed by atoms with van der Waals surface area (Å²) in [5, 5.41) is 23.2. The molecule has 32 heavy (non-hydrogen) atoms. The number of methoxy groups -OCH3 is 1. The van der Waals surface area contributed by atoms with E-state index < -0.39 is 17.1 Å². The number of aliphatic hydroxyl groups is 2. The fourth-order valence-electron chi connectivity index (χ4n) is 8.75. The molecule has 4 unspecified atom stereocenters. The van der Waals surface area contributed by atoms with Crippen molar-refractivity contribution in [3.8, 4) is 0 Å². The Morgan fingerprint density at radius 2 is 1.88 bits per heavy atom. The lowest BCUT2D eigenvalue weighted by molar-refractivity contribution is -0.231. The standard InChI is InChI=1S/C26H42O6/c1-16(23-30-11-12-31-23)19-5-6-20-18-7-10-26(28)14-17(32-15-29-4)13-22(27)25(26,3)21(18)8-9-24(19,20)2/h7,10,16-23,27-28H,5-6,8-9,11-15H2,1-4H3/t16?,17?,18-,19+,20-,21-,22?,24+,25-,26?/m0/s1. The Morgan fingerprint density at radius 3 is 2.59 bits per heavy atom. The van der Waals surface area contributed by atoms with Crippen LogP contribution < -0.4 is 0 Å². The van der Waals surface area contributed by atoms with Gasteiger partial charge in [0.15, 0.2) is 6.29 Å². The van der Waals surface area contributed by atoms with Crippen LogP contribution in [0.4, 0.5) is 0 Å². The number of rotatable bonds is 5. The van der Waals surface area contributed by atoms with Gasteiger partial charge in [-0.05, 0) is 54.8 Å². The Labute approximate surface area is 192 Å². The minimum Gasteiger partial charge on any atom is -0.392 e. The smallest absolute Gasteiger partial charge is 0.160 e. The Kier molecular flexibility index (Phi) is 6.04. The predicted octanol–water partition coefficient (Wildman–Crippen LogP) is 3.51. The highest BCUT2D eigenvalue weighted by molar-refractivity contribution is 5.26. The molecule has 0 aromatic rings. The van der Waals surface area contributed by atoms with Gasteiger partial charge in [-0.1, -0.05) is 32.9 Å². The maximum atomic E-state index is 11.8. The molecular weight excluding hydrogens is 408 g/mol. The average Bonchev–Trinajstić information content (AvgIpc) is 3.41. The summed E-state index contributed by atoms with van der Waals surface area (Å²) in [6.07, 6.45) is 9.12. The van der Waals surface area contributed by atoms with Crippen LogP contribution in [0.5, 0.6) is 0 Å². The molecule has 3 saturated carbocycles. The Hall–Kier alpha value is -0.500. The van der Waals surface area contributed by atoms with Gasteiger partial charge in [-0.25, -0.2) is 0 Å². The molecular formula is C26H42O6. The van der Waals surface area contributed by atoms with Crippen LogP contribution in [-0.4, -0.2) is 61.4 Å². The van der Waals surface area contributed by atoms with Crippen LogP contribution >= 0.6 is 0 Å². The van der Waals surface area contributed by atoms with Gasteiger partial charge in [-0.2, -0.15) is 0 Å². The zero-order valence-electron chi connectivity index (χ0n) is 20.2. The second kappa shape index (κ2) is 8.31. The van der Waals surface area contributed by atoms with Crippen LogP contribution in [0.1, 0.15) is 59.3 Å². The highest BCUT2D eigenvalue weighted by Crippen LogP contribution is 2.67. The van der Waals surface area contributed by atoms with Crippen LogP contribution in [0.2, 0.25) is 0 Å². The van der Waals surface area contributed by atoms with Crippen molar-refractivity contribution in [3.63, 3.8) is 0 Å². The van der Waals surface area contributed by atoms with Crippen molar-refractivity contribution in [1.29, 1.82) is 0 Å². The second-order valence-electron chi connectivity index (χ2n) is 11.7. The normalized spacial score (nSPS) is 51.8. The van der Waals surface area contributed by atoms with E-state index in [0.29, 0.717) is 49.7 Å². The van der Waals surface area contributed by atoms with Crippen LogP contribution in [0.3, 0.4) is 0 Å². The maximum Gasteiger partial charge on any atom is 0.160 e. The zero-order valence-corrected chi connectivity index (χ0v) is 20.2. The molecule has 0 aromatic carbocycles. The van der Waals surface area contributed by atoms with Gasteiger partial charge in [0.2, 0.25) is 0 Å². The van der Waals surface area contributed by atoms with E-state index in [9.17, 15) is 10.2 Å². The molecule has 182 valence electrons. The van der Waals surface area contributed by atoms with E-state index >= 15 is 0 Å². The molecule has 2 N–H and O–H groups in total. The van der Waals surface area contributed by atoms with Crippen molar-refractivity contribution in [2.45, 2.75) is 83.4 Å². The fraction of sp³-hybridized carbons (Fsp3) is 0.923. The van der Waals surface area contributed by atoms with Gasteiger partial charge >= 0.3 is 0 Å². The fourth-order valence-corrected chi connectivity index (χ4v) is 8.75. The lowest BCUT2D eigenvalue weighted by Crippen LogP contribution is -2.66. The Morgan fingerprint density at radius 1 is 1.12 bits per heavy atom. The summed E-state index contributed by atoms with van der Waals surface area (Å²) in [6.45, 7) is 8.53. The molecule has 6 heteroatoms. The molecule has 0 radical (unpaired) electrons. The largest absolute Gasteiger partial charge is 0.392 e. The molecule has 5 aliphatic rings. The molecule has 1 saturated heterocycles. The van der Waals surface area contributed by atoms with E-state index in [1.54, 1.807) is 7.11 Å². The molecule has 1 heterocycles. The molecule has 0 bridgehead atoms. The molecule has 0 amide bonds. The molecule has 4 aliphatic carbocycles. The van der Waals surface area contributed by atoms with Gasteiger partial charge in [0.05, 0.1) is 31.0 Å². The first kappa shape index (κ1) is 23.3. The van der Waals surface area contributed by atoms with E-state index in [2.05, 4.69) is 26.8 Å². The molecule has 1 aliphatic heterocycles. The topological polar surface area (TPSA) is 77.4 Å². The van der Waals surface area contributed by atoms with Crippen LogP contribution in [0.25, 0.3) is 0 Å². The van der Waals surface area contributed by atoms with Crippen molar-refractivity contribution in [1.82, 2.24) is 0 Å². The van der Waals surface area contributed by atoms with Gasteiger partial charge in [0.25, 0.3) is 0 Å². The quantitative estimate of drug-likeness (QED) is 0.493. The van der Waals surface area contributed by atoms with E-state index in [1.165, 1.54) is 12.8 Å². The van der Waals surface area contributed by atoms with Gasteiger partial charge in [-0.3, -0.25) is 0 Å². The monoisotopic (exact) mass is 450 g/mol. The summed E-state index contributed by atoms with van der Waals surface area (Å²) in [4.78, 5) is 0. The third kappa shape index (κ3) is 3.28. The van der Waals surface area contributed by atoms with E-state index in [-0.39, 0.29) is 30.5 Å². The third-order valence-corrected chi connectivity index (χ3v) is 10.6. The summed E-state index contributed by atoms with van der Waals surface area (Å²) in [6, 6.07) is 0. The first-order valence-electron chi connectivity index (χ1n) is 12.7. The van der Waals surface area contributed by atoms with Gasteiger partial charge < -0.3 is 29.2 Å². The molecule has 0 spiro atoms. The molecule has 5 rings (SSSR count). The van der Waals surface area contributed by atoms with Gasteiger partial charge in [0, 0.05) is 31.3 Å². The average molecular weight is 451 g/mol. The van der Waals surface area contributed by atoms with Crippen molar-refractivity contribution in [3.05, 3.63) is 12.2 Å². The summed E-state index contributed by atoms with van der Waals surface area (Å²) in [7, 11) is 1.60. The van der Waals surface area contributed by atoms with Gasteiger partial charge in [-0.15, -0.1) is 0 Å². The van der Waals surface area contributed by atoms with Crippen molar-refractivity contribution >= 4 is 0 Å². The number of fused-ring (bicyclic) bond motifs is 5. The molecule has 0 aromatic heterocycles. The number of hydrogen-bond donors (Lipinski definition) is 2. The summed E-state index contributed by atoms with van der Waals surface area (Å²) in [5.74, 6) is 2.22. The lowest BCUT2D eigenvalue weighted by Gasteiger charge is -2.63.